The van der Waals surface area contributed by atoms with Gasteiger partial charge in [-0.05, 0) is 38.1 Å². The number of carbonyl (C=O) groups is 1. The highest BCUT2D eigenvalue weighted by Crippen LogP contribution is 2.25. The summed E-state index contributed by atoms with van der Waals surface area (Å²) in [6.07, 6.45) is -0.425. The van der Waals surface area contributed by atoms with Crippen LogP contribution in [-0.2, 0) is 16.2 Å². The molecule has 136 valence electrons. The van der Waals surface area contributed by atoms with Gasteiger partial charge in [0.05, 0.1) is 28.7 Å². The second kappa shape index (κ2) is 8.05. The number of anilines is 1. The van der Waals surface area contributed by atoms with Crippen LogP contribution >= 0.6 is 11.6 Å². The summed E-state index contributed by atoms with van der Waals surface area (Å²) in [6, 6.07) is 11.1. The fourth-order valence-electron chi connectivity index (χ4n) is 2.40. The number of hydrogen-bond donors (Lipinski definition) is 1. The molecule has 1 amide bonds. The molecule has 26 heavy (non-hydrogen) atoms. The molecule has 8 heteroatoms. The zero-order chi connectivity index (χ0) is 18.5. The number of amides is 1. The lowest BCUT2D eigenvalue weighted by Crippen LogP contribution is -2.30. The van der Waals surface area contributed by atoms with Crippen molar-refractivity contribution in [3.05, 3.63) is 58.4 Å². The number of pyridine rings is 1. The van der Waals surface area contributed by atoms with Gasteiger partial charge < -0.3 is 9.57 Å². The molecular formula is C18H19ClN4O3. The number of carbonyl (C=O) groups excluding carboxylic acids is 1. The van der Waals surface area contributed by atoms with Crippen molar-refractivity contribution in [3.8, 4) is 0 Å². The summed E-state index contributed by atoms with van der Waals surface area (Å²) in [4.78, 5) is 21.3. The summed E-state index contributed by atoms with van der Waals surface area (Å²) < 4.78 is 4.89. The molecule has 1 fully saturated rings. The Hall–Kier alpha value is -2.80. The highest BCUT2D eigenvalue weighted by Gasteiger charge is 2.22. The number of aryl methyl sites for hydroxylation is 1. The van der Waals surface area contributed by atoms with E-state index < -0.39 is 6.09 Å². The number of hydrogen-bond acceptors (Lipinski definition) is 6. The molecule has 0 saturated carbocycles. The van der Waals surface area contributed by atoms with E-state index in [0.29, 0.717) is 29.6 Å². The zero-order valence-electron chi connectivity index (χ0n) is 14.5. The third kappa shape index (κ3) is 4.43. The lowest BCUT2D eigenvalue weighted by molar-refractivity contribution is 0.127. The van der Waals surface area contributed by atoms with E-state index in [0.717, 1.165) is 17.0 Å². The minimum Gasteiger partial charge on any atom is -0.446 e. The predicted molar refractivity (Wildman–Crippen MR) is 99.1 cm³/mol. The molecule has 1 saturated heterocycles. The normalized spacial score (nSPS) is 14.3. The van der Waals surface area contributed by atoms with Gasteiger partial charge in [0.15, 0.2) is 6.61 Å². The van der Waals surface area contributed by atoms with Crippen molar-refractivity contribution in [2.24, 2.45) is 5.16 Å². The Labute approximate surface area is 156 Å². The van der Waals surface area contributed by atoms with Gasteiger partial charge in [-0.3, -0.25) is 10.4 Å². The lowest BCUT2D eigenvalue weighted by Gasteiger charge is -2.17. The maximum absolute atomic E-state index is 11.6. The summed E-state index contributed by atoms with van der Waals surface area (Å²) in [5.41, 5.74) is 6.81. The fourth-order valence-corrected chi connectivity index (χ4v) is 2.56. The fraction of sp³-hybridized carbons (Fsp3) is 0.278. The van der Waals surface area contributed by atoms with Crippen LogP contribution in [0.25, 0.3) is 0 Å². The van der Waals surface area contributed by atoms with E-state index >= 15 is 0 Å². The number of halogens is 1. The molecule has 1 aliphatic heterocycles. The van der Waals surface area contributed by atoms with Crippen molar-refractivity contribution in [3.63, 3.8) is 0 Å². The topological polar surface area (TPSA) is 76.1 Å². The number of ether oxygens (including phenoxy) is 1. The second-order valence-electron chi connectivity index (χ2n) is 5.79. The minimum atomic E-state index is -0.425. The summed E-state index contributed by atoms with van der Waals surface area (Å²) in [7, 11) is 0. The lowest BCUT2D eigenvalue weighted by atomic mass is 10.1. The minimum absolute atomic E-state index is 0.289. The van der Waals surface area contributed by atoms with Crippen molar-refractivity contribution in [1.82, 2.24) is 9.99 Å². The highest BCUT2D eigenvalue weighted by atomic mass is 35.5. The molecule has 2 heterocycles. The Morgan fingerprint density at radius 3 is 3.00 bits per heavy atom. The van der Waals surface area contributed by atoms with Crippen LogP contribution in [0.5, 0.6) is 0 Å². The average Bonchev–Trinajstić information content (AvgIpc) is 3.01. The van der Waals surface area contributed by atoms with Crippen LogP contribution < -0.4 is 5.43 Å². The number of oxime groups is 1. The van der Waals surface area contributed by atoms with Crippen molar-refractivity contribution >= 4 is 29.1 Å². The molecule has 0 unspecified atom stereocenters. The van der Waals surface area contributed by atoms with Gasteiger partial charge in [0.1, 0.15) is 6.61 Å². The van der Waals surface area contributed by atoms with Gasteiger partial charge in [-0.25, -0.2) is 9.80 Å². The number of aromatic nitrogens is 1. The third-order valence-electron chi connectivity index (χ3n) is 3.76. The number of cyclic esters (lactones) is 1. The molecule has 7 nitrogen and oxygen atoms in total. The SMILES string of the molecule is CC(=NOCc1cccc(C)n1)c1ccc(Cl)c(NN2CCOC2=O)c1. The van der Waals surface area contributed by atoms with Crippen LogP contribution in [0.3, 0.4) is 0 Å². The summed E-state index contributed by atoms with van der Waals surface area (Å²) in [6.45, 7) is 4.86. The van der Waals surface area contributed by atoms with E-state index in [2.05, 4.69) is 15.6 Å². The maximum atomic E-state index is 11.6. The molecule has 3 rings (SSSR count). The van der Waals surface area contributed by atoms with E-state index in [4.69, 9.17) is 21.2 Å². The molecular weight excluding hydrogens is 356 g/mol. The molecule has 0 spiro atoms. The first-order chi connectivity index (χ1) is 12.5. The molecule has 0 radical (unpaired) electrons. The first kappa shape index (κ1) is 18.0. The van der Waals surface area contributed by atoms with Crippen LogP contribution in [0.2, 0.25) is 5.02 Å². The Morgan fingerprint density at radius 1 is 1.42 bits per heavy atom. The number of nitrogens with zero attached hydrogens (tertiary/aromatic N) is 3. The van der Waals surface area contributed by atoms with E-state index in [1.807, 2.05) is 38.1 Å². The standard InChI is InChI=1S/C18H19ClN4O3/c1-12-4-3-5-15(20-12)11-26-22-13(2)14-6-7-16(19)17(10-14)21-23-8-9-25-18(23)24/h3-7,10,21H,8-9,11H2,1-2H3. The van der Waals surface area contributed by atoms with Gasteiger partial charge in [-0.15, -0.1) is 0 Å². The molecule has 2 aromatic rings. The first-order valence-corrected chi connectivity index (χ1v) is 8.50. The quantitative estimate of drug-likeness (QED) is 0.615. The Bertz CT molecular complexity index is 841. The summed E-state index contributed by atoms with van der Waals surface area (Å²) in [5, 5.41) is 6.00. The van der Waals surface area contributed by atoms with Crippen LogP contribution in [0.4, 0.5) is 10.5 Å². The van der Waals surface area contributed by atoms with Crippen molar-refractivity contribution in [2.45, 2.75) is 20.5 Å². The van der Waals surface area contributed by atoms with Gasteiger partial charge in [-0.1, -0.05) is 28.9 Å². The molecule has 1 aliphatic rings. The highest BCUT2D eigenvalue weighted by molar-refractivity contribution is 6.33. The zero-order valence-corrected chi connectivity index (χ0v) is 15.3. The smallest absolute Gasteiger partial charge is 0.428 e. The van der Waals surface area contributed by atoms with Crippen molar-refractivity contribution in [1.29, 1.82) is 0 Å². The van der Waals surface area contributed by atoms with Crippen LogP contribution in [0.1, 0.15) is 23.9 Å². The van der Waals surface area contributed by atoms with Gasteiger partial charge >= 0.3 is 6.09 Å². The summed E-state index contributed by atoms with van der Waals surface area (Å²) >= 11 is 6.21. The predicted octanol–water partition coefficient (Wildman–Crippen LogP) is 3.76. The largest absolute Gasteiger partial charge is 0.446 e. The molecule has 1 aromatic carbocycles. The number of hydrazine groups is 1. The van der Waals surface area contributed by atoms with E-state index in [-0.39, 0.29) is 6.61 Å². The van der Waals surface area contributed by atoms with Gasteiger partial charge in [0.25, 0.3) is 0 Å². The van der Waals surface area contributed by atoms with Gasteiger partial charge in [-0.2, -0.15) is 0 Å². The number of benzene rings is 1. The maximum Gasteiger partial charge on any atom is 0.428 e. The molecule has 0 atom stereocenters. The van der Waals surface area contributed by atoms with Gasteiger partial charge in [0.2, 0.25) is 0 Å². The van der Waals surface area contributed by atoms with E-state index in [1.165, 1.54) is 5.01 Å². The molecule has 1 N–H and O–H groups in total. The van der Waals surface area contributed by atoms with Crippen LogP contribution in [-0.4, -0.2) is 34.9 Å². The molecule has 0 bridgehead atoms. The second-order valence-corrected chi connectivity index (χ2v) is 6.20. The van der Waals surface area contributed by atoms with E-state index in [1.54, 1.807) is 12.1 Å². The molecule has 0 aliphatic carbocycles. The number of rotatable bonds is 6. The number of nitrogens with one attached hydrogen (secondary N) is 1. The summed E-state index contributed by atoms with van der Waals surface area (Å²) in [5.74, 6) is 0. The van der Waals surface area contributed by atoms with Crippen molar-refractivity contribution in [2.75, 3.05) is 18.6 Å². The average molecular weight is 375 g/mol. The van der Waals surface area contributed by atoms with Crippen LogP contribution in [0.15, 0.2) is 41.6 Å². The Kier molecular flexibility index (Phi) is 5.58. The Balaban J connectivity index is 1.67. The van der Waals surface area contributed by atoms with Crippen LogP contribution in [0, 0.1) is 6.92 Å². The first-order valence-electron chi connectivity index (χ1n) is 8.13. The monoisotopic (exact) mass is 374 g/mol. The van der Waals surface area contributed by atoms with Gasteiger partial charge in [0, 0.05) is 11.3 Å². The Morgan fingerprint density at radius 2 is 2.27 bits per heavy atom. The van der Waals surface area contributed by atoms with E-state index in [9.17, 15) is 4.79 Å². The molecule has 1 aromatic heterocycles. The third-order valence-corrected chi connectivity index (χ3v) is 4.09. The van der Waals surface area contributed by atoms with Crippen molar-refractivity contribution < 1.29 is 14.4 Å².